The van der Waals surface area contributed by atoms with Crippen LogP contribution in [0, 0.1) is 0 Å². The molecule has 9 heteroatoms. The Hall–Kier alpha value is -1.57. The Bertz CT molecular complexity index is 492. The van der Waals surface area contributed by atoms with Crippen molar-refractivity contribution in [2.24, 2.45) is 0 Å². The Kier molecular flexibility index (Phi) is 6.19. The average Bonchev–Trinajstić information content (AvgIpc) is 2.38. The maximum Gasteiger partial charge on any atom is 0.451 e. The zero-order chi connectivity index (χ0) is 16.0. The quantitative estimate of drug-likeness (QED) is 0.817. The molecule has 1 heterocycles. The van der Waals surface area contributed by atoms with Gasteiger partial charge in [-0.1, -0.05) is 11.6 Å². The van der Waals surface area contributed by atoms with Gasteiger partial charge in [0.2, 0.25) is 11.7 Å². The van der Waals surface area contributed by atoms with Crippen molar-refractivity contribution in [3.63, 3.8) is 0 Å². The van der Waals surface area contributed by atoms with Crippen LogP contribution >= 0.6 is 11.6 Å². The van der Waals surface area contributed by atoms with E-state index in [1.807, 2.05) is 13.8 Å². The van der Waals surface area contributed by atoms with Crippen LogP contribution < -0.4 is 5.32 Å². The van der Waals surface area contributed by atoms with Crippen LogP contribution in [-0.4, -0.2) is 40.4 Å². The standard InChI is InChI=1S/C12H16ClF3N4O/c1-3-20(4-2)10(21)5-6-17-9-7-8(13)18-11(19-9)12(14,15)16/h7H,3-6H2,1-2H3,(H,17,18,19). The third kappa shape index (κ3) is 5.37. The number of hydrogen-bond acceptors (Lipinski definition) is 4. The predicted octanol–water partition coefficient (Wildman–Crippen LogP) is 2.82. The normalized spacial score (nSPS) is 11.3. The van der Waals surface area contributed by atoms with E-state index in [4.69, 9.17) is 11.6 Å². The first-order valence-electron chi connectivity index (χ1n) is 6.41. The van der Waals surface area contributed by atoms with Crippen molar-refractivity contribution in [1.29, 1.82) is 0 Å². The summed E-state index contributed by atoms with van der Waals surface area (Å²) in [4.78, 5) is 19.8. The largest absolute Gasteiger partial charge is 0.451 e. The van der Waals surface area contributed by atoms with Crippen LogP contribution in [0.15, 0.2) is 6.07 Å². The molecule has 1 amide bonds. The molecule has 0 saturated carbocycles. The Morgan fingerprint density at radius 2 is 1.95 bits per heavy atom. The summed E-state index contributed by atoms with van der Waals surface area (Å²) in [6, 6.07) is 1.18. The molecular formula is C12H16ClF3N4O. The van der Waals surface area contributed by atoms with Crippen molar-refractivity contribution in [2.45, 2.75) is 26.4 Å². The van der Waals surface area contributed by atoms with Crippen LogP contribution in [0.2, 0.25) is 5.15 Å². The second-order valence-corrected chi connectivity index (χ2v) is 4.53. The maximum atomic E-state index is 12.5. The number of carbonyl (C=O) groups excluding carboxylic acids is 1. The summed E-state index contributed by atoms with van der Waals surface area (Å²) >= 11 is 5.53. The molecule has 0 saturated heterocycles. The Morgan fingerprint density at radius 1 is 1.33 bits per heavy atom. The summed E-state index contributed by atoms with van der Waals surface area (Å²) in [5.41, 5.74) is 0. The minimum Gasteiger partial charge on any atom is -0.369 e. The van der Waals surface area contributed by atoms with Crippen molar-refractivity contribution in [1.82, 2.24) is 14.9 Å². The number of nitrogens with zero attached hydrogens (tertiary/aromatic N) is 3. The molecule has 1 aromatic heterocycles. The second-order valence-electron chi connectivity index (χ2n) is 4.14. The van der Waals surface area contributed by atoms with E-state index in [1.165, 1.54) is 6.07 Å². The van der Waals surface area contributed by atoms with Crippen LogP contribution in [0.5, 0.6) is 0 Å². The molecule has 1 N–H and O–H groups in total. The average molecular weight is 325 g/mol. The lowest BCUT2D eigenvalue weighted by Crippen LogP contribution is -2.31. The lowest BCUT2D eigenvalue weighted by atomic mass is 10.3. The number of nitrogens with one attached hydrogen (secondary N) is 1. The van der Waals surface area contributed by atoms with Crippen molar-refractivity contribution in [3.8, 4) is 0 Å². The molecule has 0 aliphatic heterocycles. The van der Waals surface area contributed by atoms with Crippen LogP contribution in [0.25, 0.3) is 0 Å². The molecule has 1 rings (SSSR count). The van der Waals surface area contributed by atoms with Gasteiger partial charge in [-0.2, -0.15) is 13.2 Å². The highest BCUT2D eigenvalue weighted by Gasteiger charge is 2.35. The summed E-state index contributed by atoms with van der Waals surface area (Å²) in [5.74, 6) is -1.45. The molecule has 5 nitrogen and oxygen atoms in total. The lowest BCUT2D eigenvalue weighted by Gasteiger charge is -2.18. The van der Waals surface area contributed by atoms with Crippen molar-refractivity contribution in [3.05, 3.63) is 17.0 Å². The fourth-order valence-corrected chi connectivity index (χ4v) is 1.85. The Balaban J connectivity index is 2.64. The number of halogens is 4. The highest BCUT2D eigenvalue weighted by Crippen LogP contribution is 2.28. The van der Waals surface area contributed by atoms with Gasteiger partial charge in [0.15, 0.2) is 0 Å². The van der Waals surface area contributed by atoms with Crippen molar-refractivity contribution < 1.29 is 18.0 Å². The number of amides is 1. The minimum atomic E-state index is -4.67. The van der Waals surface area contributed by atoms with Crippen LogP contribution in [0.3, 0.4) is 0 Å². The molecule has 1 aromatic rings. The van der Waals surface area contributed by atoms with E-state index in [-0.39, 0.29) is 29.8 Å². The molecule has 0 bridgehead atoms. The molecule has 0 aliphatic rings. The fourth-order valence-electron chi connectivity index (χ4n) is 1.67. The topological polar surface area (TPSA) is 58.1 Å². The highest BCUT2D eigenvalue weighted by atomic mass is 35.5. The van der Waals surface area contributed by atoms with Gasteiger partial charge in [0.25, 0.3) is 0 Å². The Morgan fingerprint density at radius 3 is 2.48 bits per heavy atom. The van der Waals surface area contributed by atoms with E-state index in [1.54, 1.807) is 4.90 Å². The number of carbonyl (C=O) groups is 1. The first kappa shape index (κ1) is 17.5. The van der Waals surface area contributed by atoms with Crippen molar-refractivity contribution >= 4 is 23.3 Å². The molecule has 0 fully saturated rings. The third-order valence-electron chi connectivity index (χ3n) is 2.71. The predicted molar refractivity (Wildman–Crippen MR) is 73.1 cm³/mol. The molecule has 0 aliphatic carbocycles. The zero-order valence-electron chi connectivity index (χ0n) is 11.7. The number of alkyl halides is 3. The van der Waals surface area contributed by atoms with E-state index >= 15 is 0 Å². The van der Waals surface area contributed by atoms with Gasteiger partial charge in [-0.05, 0) is 13.8 Å². The molecule has 0 spiro atoms. The SMILES string of the molecule is CCN(CC)C(=O)CCNc1cc(Cl)nc(C(F)(F)F)n1. The monoisotopic (exact) mass is 324 g/mol. The number of hydrogen-bond donors (Lipinski definition) is 1. The van der Waals surface area contributed by atoms with Gasteiger partial charge < -0.3 is 10.2 Å². The fraction of sp³-hybridized carbons (Fsp3) is 0.583. The van der Waals surface area contributed by atoms with Gasteiger partial charge in [-0.25, -0.2) is 9.97 Å². The molecular weight excluding hydrogens is 309 g/mol. The lowest BCUT2D eigenvalue weighted by molar-refractivity contribution is -0.144. The molecule has 0 aromatic carbocycles. The zero-order valence-corrected chi connectivity index (χ0v) is 12.4. The minimum absolute atomic E-state index is 0.0605. The van der Waals surface area contributed by atoms with Crippen LogP contribution in [0.4, 0.5) is 19.0 Å². The third-order valence-corrected chi connectivity index (χ3v) is 2.90. The van der Waals surface area contributed by atoms with E-state index < -0.39 is 12.0 Å². The smallest absolute Gasteiger partial charge is 0.369 e. The molecule has 118 valence electrons. The molecule has 0 radical (unpaired) electrons. The van der Waals surface area contributed by atoms with Gasteiger partial charge >= 0.3 is 6.18 Å². The first-order chi connectivity index (χ1) is 9.77. The summed E-state index contributed by atoms with van der Waals surface area (Å²) < 4.78 is 37.6. The molecule has 0 unspecified atom stereocenters. The van der Waals surface area contributed by atoms with Crippen molar-refractivity contribution in [2.75, 3.05) is 25.0 Å². The number of anilines is 1. The highest BCUT2D eigenvalue weighted by molar-refractivity contribution is 6.29. The maximum absolute atomic E-state index is 12.5. The van der Waals surface area contributed by atoms with E-state index in [0.29, 0.717) is 13.1 Å². The summed E-state index contributed by atoms with van der Waals surface area (Å²) in [7, 11) is 0. The summed E-state index contributed by atoms with van der Waals surface area (Å²) in [5, 5.41) is 2.34. The van der Waals surface area contributed by atoms with E-state index in [0.717, 1.165) is 0 Å². The van der Waals surface area contributed by atoms with E-state index in [2.05, 4.69) is 15.3 Å². The van der Waals surface area contributed by atoms with Gasteiger partial charge in [-0.3, -0.25) is 4.79 Å². The van der Waals surface area contributed by atoms with Crippen LogP contribution in [0.1, 0.15) is 26.1 Å². The van der Waals surface area contributed by atoms with E-state index in [9.17, 15) is 18.0 Å². The van der Waals surface area contributed by atoms with Gasteiger partial charge in [0, 0.05) is 32.1 Å². The van der Waals surface area contributed by atoms with Gasteiger partial charge in [0.1, 0.15) is 11.0 Å². The van der Waals surface area contributed by atoms with Crippen LogP contribution in [-0.2, 0) is 11.0 Å². The number of aromatic nitrogens is 2. The first-order valence-corrected chi connectivity index (χ1v) is 6.79. The Labute approximate surface area is 125 Å². The molecule has 0 atom stereocenters. The summed E-state index contributed by atoms with van der Waals surface area (Å²) in [6.07, 6.45) is -4.51. The second kappa shape index (κ2) is 7.44. The molecule has 21 heavy (non-hydrogen) atoms. The van der Waals surface area contributed by atoms with Gasteiger partial charge in [-0.15, -0.1) is 0 Å². The summed E-state index contributed by atoms with van der Waals surface area (Å²) in [6.45, 7) is 5.06. The number of rotatable bonds is 6. The van der Waals surface area contributed by atoms with Gasteiger partial charge in [0.05, 0.1) is 0 Å².